The van der Waals surface area contributed by atoms with E-state index in [1.807, 2.05) is 87.7 Å². The first-order valence-electron chi connectivity index (χ1n) is 16.1. The zero-order chi connectivity index (χ0) is 32.9. The number of carbonyl (C=O) groups excluding carboxylic acids is 3. The van der Waals surface area contributed by atoms with E-state index in [2.05, 4.69) is 26.2 Å². The van der Waals surface area contributed by atoms with Crippen molar-refractivity contribution >= 4 is 29.2 Å². The van der Waals surface area contributed by atoms with Crippen molar-refractivity contribution in [1.29, 1.82) is 0 Å². The van der Waals surface area contributed by atoms with Crippen LogP contribution < -0.4 is 21.3 Å². The molecule has 0 saturated carbocycles. The minimum Gasteiger partial charge on any atom is -0.446 e. The number of anilines is 2. The van der Waals surface area contributed by atoms with Crippen molar-refractivity contribution in [3.63, 3.8) is 0 Å². The van der Waals surface area contributed by atoms with Crippen molar-refractivity contribution in [3.8, 4) is 11.1 Å². The number of hydrogen-bond donors (Lipinski definition) is 4. The van der Waals surface area contributed by atoms with E-state index in [9.17, 15) is 14.4 Å². The van der Waals surface area contributed by atoms with Crippen LogP contribution in [0, 0.1) is 0 Å². The Balaban J connectivity index is 1.22. The van der Waals surface area contributed by atoms with Crippen LogP contribution in [-0.4, -0.2) is 99.6 Å². The van der Waals surface area contributed by atoms with Crippen LogP contribution in [0.1, 0.15) is 36.5 Å². The molecule has 0 aliphatic carbocycles. The summed E-state index contributed by atoms with van der Waals surface area (Å²) in [5, 5.41) is 12.5. The van der Waals surface area contributed by atoms with Crippen molar-refractivity contribution in [2.75, 3.05) is 64.5 Å². The molecule has 1 aliphatic rings. The van der Waals surface area contributed by atoms with Crippen LogP contribution in [0.2, 0.25) is 0 Å². The Labute approximate surface area is 272 Å². The molecule has 3 aromatic rings. The number of nitrogens with zero attached hydrogens (tertiary/aromatic N) is 2. The SMILES string of the molecule is CNCCCN(C)C(=O)c1ccc(N[C@@H](C)C(=O)C(CN2CCC(OC(=O)Nc3ccccc3-c3ccccc3)CC2)NC)cc1. The molecular weight excluding hydrogens is 580 g/mol. The minimum atomic E-state index is -0.459. The van der Waals surface area contributed by atoms with Crippen molar-refractivity contribution < 1.29 is 19.1 Å². The van der Waals surface area contributed by atoms with Crippen molar-refractivity contribution in [1.82, 2.24) is 20.4 Å². The van der Waals surface area contributed by atoms with Gasteiger partial charge in [-0.1, -0.05) is 48.5 Å². The normalized spacial score (nSPS) is 15.0. The Morgan fingerprint density at radius 3 is 2.28 bits per heavy atom. The molecule has 0 radical (unpaired) electrons. The summed E-state index contributed by atoms with van der Waals surface area (Å²) in [5.41, 5.74) is 4.07. The summed E-state index contributed by atoms with van der Waals surface area (Å²) >= 11 is 0. The molecule has 46 heavy (non-hydrogen) atoms. The molecule has 1 saturated heterocycles. The van der Waals surface area contributed by atoms with Gasteiger partial charge in [-0.15, -0.1) is 0 Å². The average molecular weight is 629 g/mol. The third-order valence-corrected chi connectivity index (χ3v) is 8.40. The Hall–Kier alpha value is -4.25. The van der Waals surface area contributed by atoms with Crippen molar-refractivity contribution in [2.45, 2.75) is 44.4 Å². The zero-order valence-electron chi connectivity index (χ0n) is 27.4. The number of likely N-dealkylation sites (N-methyl/N-ethyl adjacent to an activating group) is 1. The summed E-state index contributed by atoms with van der Waals surface area (Å²) < 4.78 is 5.78. The fourth-order valence-corrected chi connectivity index (χ4v) is 5.69. The maximum atomic E-state index is 13.4. The number of carbonyl (C=O) groups is 3. The standard InChI is InChI=1S/C36H48N6O4/c1-26(39-29-17-15-28(16-18-29)35(44)41(4)22-10-21-37-2)34(43)33(38-3)25-42-23-19-30(20-24-42)46-36(45)40-32-14-9-8-13-31(32)27-11-6-5-7-12-27/h5-9,11-18,26,30,33,37-39H,10,19-25H2,1-4H3,(H,40,45)/t26-,33?/m0/s1. The van der Waals surface area contributed by atoms with Gasteiger partial charge in [0.05, 0.1) is 17.8 Å². The van der Waals surface area contributed by atoms with Gasteiger partial charge in [0.2, 0.25) is 0 Å². The fourth-order valence-electron chi connectivity index (χ4n) is 5.69. The van der Waals surface area contributed by atoms with Crippen LogP contribution in [0.3, 0.4) is 0 Å². The molecule has 2 amide bonds. The van der Waals surface area contributed by atoms with Gasteiger partial charge in [-0.25, -0.2) is 4.79 Å². The van der Waals surface area contributed by atoms with Crippen LogP contribution in [0.25, 0.3) is 11.1 Å². The average Bonchev–Trinajstić information content (AvgIpc) is 3.08. The summed E-state index contributed by atoms with van der Waals surface area (Å²) in [5.74, 6) is 0.0342. The molecule has 246 valence electrons. The lowest BCUT2D eigenvalue weighted by Crippen LogP contribution is -2.51. The first kappa shape index (κ1) is 34.6. The lowest BCUT2D eigenvalue weighted by molar-refractivity contribution is -0.122. The summed E-state index contributed by atoms with van der Waals surface area (Å²) in [6.45, 7) is 5.42. The van der Waals surface area contributed by atoms with E-state index in [1.165, 1.54) is 0 Å². The number of para-hydroxylation sites is 1. The molecule has 0 bridgehead atoms. The lowest BCUT2D eigenvalue weighted by Gasteiger charge is -2.34. The molecule has 1 heterocycles. The molecule has 10 heteroatoms. The summed E-state index contributed by atoms with van der Waals surface area (Å²) in [6.07, 6.45) is 1.63. The van der Waals surface area contributed by atoms with Gasteiger partial charge in [0.1, 0.15) is 6.10 Å². The van der Waals surface area contributed by atoms with Gasteiger partial charge in [-0.05, 0) is 82.7 Å². The first-order chi connectivity index (χ1) is 22.3. The van der Waals surface area contributed by atoms with Crippen LogP contribution in [0.5, 0.6) is 0 Å². The molecule has 10 nitrogen and oxygen atoms in total. The number of ketones is 1. The number of rotatable bonds is 15. The van der Waals surface area contributed by atoms with E-state index in [-0.39, 0.29) is 23.8 Å². The maximum Gasteiger partial charge on any atom is 0.411 e. The molecule has 3 aromatic carbocycles. The van der Waals surface area contributed by atoms with Gasteiger partial charge in [0, 0.05) is 50.0 Å². The molecule has 0 spiro atoms. The summed E-state index contributed by atoms with van der Waals surface area (Å²) in [7, 11) is 5.51. The second-order valence-electron chi connectivity index (χ2n) is 11.8. The fraction of sp³-hybridized carbons (Fsp3) is 0.417. The molecule has 1 fully saturated rings. The Bertz CT molecular complexity index is 1410. The molecule has 4 rings (SSSR count). The number of benzene rings is 3. The Morgan fingerprint density at radius 1 is 0.935 bits per heavy atom. The number of hydrogen-bond acceptors (Lipinski definition) is 8. The number of ether oxygens (including phenoxy) is 1. The van der Waals surface area contributed by atoms with Crippen LogP contribution >= 0.6 is 0 Å². The summed E-state index contributed by atoms with van der Waals surface area (Å²) in [4.78, 5) is 42.8. The predicted molar refractivity (Wildman–Crippen MR) is 184 cm³/mol. The quantitative estimate of drug-likeness (QED) is 0.179. The molecular formula is C36H48N6O4. The van der Waals surface area contributed by atoms with E-state index in [4.69, 9.17) is 4.74 Å². The Morgan fingerprint density at radius 2 is 1.61 bits per heavy atom. The predicted octanol–water partition coefficient (Wildman–Crippen LogP) is 4.71. The van der Waals surface area contributed by atoms with Crippen molar-refractivity contribution in [2.24, 2.45) is 0 Å². The summed E-state index contributed by atoms with van der Waals surface area (Å²) in [6, 6.07) is 24.1. The van der Waals surface area contributed by atoms with Crippen LogP contribution in [0.15, 0.2) is 78.9 Å². The molecule has 4 N–H and O–H groups in total. The third-order valence-electron chi connectivity index (χ3n) is 8.40. The van der Waals surface area contributed by atoms with Crippen LogP contribution in [-0.2, 0) is 9.53 Å². The topological polar surface area (TPSA) is 115 Å². The largest absolute Gasteiger partial charge is 0.446 e. The van der Waals surface area contributed by atoms with Gasteiger partial charge in [0.25, 0.3) is 5.91 Å². The number of piperidine rings is 1. The van der Waals surface area contributed by atoms with Gasteiger partial charge >= 0.3 is 6.09 Å². The zero-order valence-corrected chi connectivity index (χ0v) is 27.4. The second kappa shape index (κ2) is 17.4. The highest BCUT2D eigenvalue weighted by atomic mass is 16.6. The number of nitrogens with one attached hydrogen (secondary N) is 4. The van der Waals surface area contributed by atoms with E-state index >= 15 is 0 Å². The highest BCUT2D eigenvalue weighted by molar-refractivity contribution is 5.95. The first-order valence-corrected chi connectivity index (χ1v) is 16.1. The van der Waals surface area contributed by atoms with E-state index in [0.29, 0.717) is 37.2 Å². The number of amides is 2. The van der Waals surface area contributed by atoms with Crippen LogP contribution in [0.4, 0.5) is 16.2 Å². The highest BCUT2D eigenvalue weighted by Crippen LogP contribution is 2.28. The van der Waals surface area contributed by atoms with E-state index in [0.717, 1.165) is 42.9 Å². The molecule has 1 aliphatic heterocycles. The minimum absolute atomic E-state index is 0.0229. The number of likely N-dealkylation sites (tertiary alicyclic amines) is 1. The number of Topliss-reactive ketones (excluding diaryl/α,β-unsaturated/α-hetero) is 1. The van der Waals surface area contributed by atoms with E-state index in [1.54, 1.807) is 24.1 Å². The molecule has 2 atom stereocenters. The lowest BCUT2D eigenvalue weighted by atomic mass is 10.0. The Kier molecular flexibility index (Phi) is 13.1. The maximum absolute atomic E-state index is 13.4. The smallest absolute Gasteiger partial charge is 0.411 e. The molecule has 0 aromatic heterocycles. The molecule has 1 unspecified atom stereocenters. The van der Waals surface area contributed by atoms with Gasteiger partial charge in [0.15, 0.2) is 5.78 Å². The van der Waals surface area contributed by atoms with E-state index < -0.39 is 12.1 Å². The third kappa shape index (κ3) is 9.87. The van der Waals surface area contributed by atoms with Gasteiger partial charge < -0.3 is 30.5 Å². The second-order valence-corrected chi connectivity index (χ2v) is 11.8. The van der Waals surface area contributed by atoms with Gasteiger partial charge in [-0.3, -0.25) is 14.9 Å². The van der Waals surface area contributed by atoms with Gasteiger partial charge in [-0.2, -0.15) is 0 Å². The van der Waals surface area contributed by atoms with Crippen molar-refractivity contribution in [3.05, 3.63) is 84.4 Å². The highest BCUT2D eigenvalue weighted by Gasteiger charge is 2.28. The monoisotopic (exact) mass is 628 g/mol.